The molecule has 0 unspecified atom stereocenters. The molecule has 1 aromatic heterocycles. The largest absolute Gasteiger partial charge is 0.398 e. The standard InChI is InChI=1S/C16H14N2/c1-11-5-6-16(17)14(9-11)13-4-2-3-12-7-8-18-10-15(12)13/h2-10H,17H2,1H3. The van der Waals surface area contributed by atoms with Gasteiger partial charge in [0, 0.05) is 29.0 Å². The Morgan fingerprint density at radius 2 is 1.89 bits per heavy atom. The molecule has 0 spiro atoms. The molecule has 2 aromatic carbocycles. The van der Waals surface area contributed by atoms with Gasteiger partial charge in [-0.25, -0.2) is 0 Å². The van der Waals surface area contributed by atoms with E-state index in [2.05, 4.69) is 36.2 Å². The number of fused-ring (bicyclic) bond motifs is 1. The van der Waals surface area contributed by atoms with Crippen molar-refractivity contribution in [1.29, 1.82) is 0 Å². The van der Waals surface area contributed by atoms with Crippen LogP contribution in [0.25, 0.3) is 21.9 Å². The van der Waals surface area contributed by atoms with E-state index in [0.29, 0.717) is 0 Å². The molecule has 0 fully saturated rings. The van der Waals surface area contributed by atoms with Gasteiger partial charge in [0.05, 0.1) is 0 Å². The van der Waals surface area contributed by atoms with E-state index in [-0.39, 0.29) is 0 Å². The average molecular weight is 234 g/mol. The Balaban J connectivity index is 2.35. The number of rotatable bonds is 1. The normalized spacial score (nSPS) is 10.7. The number of hydrogen-bond donors (Lipinski definition) is 1. The highest BCUT2D eigenvalue weighted by molar-refractivity contribution is 5.98. The first-order chi connectivity index (χ1) is 8.75. The molecular weight excluding hydrogens is 220 g/mol. The van der Waals surface area contributed by atoms with Gasteiger partial charge in [0.15, 0.2) is 0 Å². The lowest BCUT2D eigenvalue weighted by Gasteiger charge is -2.10. The fourth-order valence-electron chi connectivity index (χ4n) is 2.25. The van der Waals surface area contributed by atoms with E-state index in [1.165, 1.54) is 10.9 Å². The zero-order valence-electron chi connectivity index (χ0n) is 10.2. The summed E-state index contributed by atoms with van der Waals surface area (Å²) in [6.45, 7) is 2.08. The highest BCUT2D eigenvalue weighted by Crippen LogP contribution is 2.32. The van der Waals surface area contributed by atoms with Gasteiger partial charge in [0.2, 0.25) is 0 Å². The van der Waals surface area contributed by atoms with Crippen LogP contribution in [0.4, 0.5) is 5.69 Å². The number of hydrogen-bond acceptors (Lipinski definition) is 2. The minimum Gasteiger partial charge on any atom is -0.398 e. The van der Waals surface area contributed by atoms with Crippen molar-refractivity contribution in [2.45, 2.75) is 6.92 Å². The molecule has 0 amide bonds. The zero-order valence-corrected chi connectivity index (χ0v) is 10.2. The first-order valence-electron chi connectivity index (χ1n) is 5.95. The van der Waals surface area contributed by atoms with Crippen LogP contribution in [-0.4, -0.2) is 4.98 Å². The summed E-state index contributed by atoms with van der Waals surface area (Å²) in [5.74, 6) is 0. The van der Waals surface area contributed by atoms with Crippen LogP contribution in [0.3, 0.4) is 0 Å². The van der Waals surface area contributed by atoms with Gasteiger partial charge in [0.1, 0.15) is 0 Å². The fourth-order valence-corrected chi connectivity index (χ4v) is 2.25. The lowest BCUT2D eigenvalue weighted by atomic mass is 9.97. The Morgan fingerprint density at radius 3 is 2.78 bits per heavy atom. The summed E-state index contributed by atoms with van der Waals surface area (Å²) in [6, 6.07) is 14.4. The molecule has 0 atom stereocenters. The van der Waals surface area contributed by atoms with Crippen LogP contribution in [0.5, 0.6) is 0 Å². The molecular formula is C16H14N2. The van der Waals surface area contributed by atoms with E-state index in [0.717, 1.165) is 22.2 Å². The Bertz CT molecular complexity index is 712. The third-order valence-corrected chi connectivity index (χ3v) is 3.18. The highest BCUT2D eigenvalue weighted by Gasteiger charge is 2.07. The molecule has 0 aliphatic rings. The second-order valence-corrected chi connectivity index (χ2v) is 4.49. The summed E-state index contributed by atoms with van der Waals surface area (Å²) >= 11 is 0. The summed E-state index contributed by atoms with van der Waals surface area (Å²) in [4.78, 5) is 4.21. The summed E-state index contributed by atoms with van der Waals surface area (Å²) < 4.78 is 0. The molecule has 88 valence electrons. The van der Waals surface area contributed by atoms with Crippen molar-refractivity contribution in [3.8, 4) is 11.1 Å². The fraction of sp³-hybridized carbons (Fsp3) is 0.0625. The third kappa shape index (κ3) is 1.72. The number of nitrogen functional groups attached to an aromatic ring is 1. The molecule has 0 aliphatic heterocycles. The number of nitrogens with zero attached hydrogens (tertiary/aromatic N) is 1. The Morgan fingerprint density at radius 1 is 1.00 bits per heavy atom. The molecule has 0 bridgehead atoms. The van der Waals surface area contributed by atoms with Crippen molar-refractivity contribution in [3.05, 3.63) is 60.4 Å². The van der Waals surface area contributed by atoms with Crippen LogP contribution < -0.4 is 5.73 Å². The molecule has 3 aromatic rings. The van der Waals surface area contributed by atoms with Crippen LogP contribution in [0.1, 0.15) is 5.56 Å². The van der Waals surface area contributed by atoms with E-state index in [9.17, 15) is 0 Å². The number of pyridine rings is 1. The van der Waals surface area contributed by atoms with Crippen molar-refractivity contribution in [1.82, 2.24) is 4.98 Å². The number of anilines is 1. The Kier molecular flexibility index (Phi) is 2.49. The van der Waals surface area contributed by atoms with Crippen molar-refractivity contribution < 1.29 is 0 Å². The van der Waals surface area contributed by atoms with Crippen molar-refractivity contribution >= 4 is 16.5 Å². The quantitative estimate of drug-likeness (QED) is 0.650. The maximum Gasteiger partial charge on any atom is 0.0394 e. The molecule has 0 aliphatic carbocycles. The van der Waals surface area contributed by atoms with Gasteiger partial charge in [-0.15, -0.1) is 0 Å². The summed E-state index contributed by atoms with van der Waals surface area (Å²) in [7, 11) is 0. The SMILES string of the molecule is Cc1ccc(N)c(-c2cccc3ccncc23)c1. The van der Waals surface area contributed by atoms with E-state index < -0.39 is 0 Å². The van der Waals surface area contributed by atoms with E-state index in [1.807, 2.05) is 30.6 Å². The first kappa shape index (κ1) is 10.8. The lowest BCUT2D eigenvalue weighted by molar-refractivity contribution is 1.36. The van der Waals surface area contributed by atoms with Gasteiger partial charge in [-0.1, -0.05) is 29.8 Å². The van der Waals surface area contributed by atoms with E-state index >= 15 is 0 Å². The maximum absolute atomic E-state index is 6.09. The van der Waals surface area contributed by atoms with Crippen LogP contribution in [-0.2, 0) is 0 Å². The van der Waals surface area contributed by atoms with Gasteiger partial charge in [-0.2, -0.15) is 0 Å². The molecule has 0 saturated heterocycles. The second-order valence-electron chi connectivity index (χ2n) is 4.49. The third-order valence-electron chi connectivity index (χ3n) is 3.18. The number of benzene rings is 2. The van der Waals surface area contributed by atoms with E-state index in [1.54, 1.807) is 0 Å². The minimum atomic E-state index is 0.803. The summed E-state index contributed by atoms with van der Waals surface area (Å²) in [5, 5.41) is 2.32. The highest BCUT2D eigenvalue weighted by atomic mass is 14.6. The van der Waals surface area contributed by atoms with Crippen LogP contribution in [0.15, 0.2) is 54.9 Å². The number of nitrogens with two attached hydrogens (primary N) is 1. The molecule has 18 heavy (non-hydrogen) atoms. The molecule has 0 radical (unpaired) electrons. The predicted molar refractivity (Wildman–Crippen MR) is 76.3 cm³/mol. The monoisotopic (exact) mass is 234 g/mol. The number of aryl methyl sites for hydroxylation is 1. The van der Waals surface area contributed by atoms with Crippen molar-refractivity contribution in [3.63, 3.8) is 0 Å². The van der Waals surface area contributed by atoms with Crippen LogP contribution in [0.2, 0.25) is 0 Å². The first-order valence-corrected chi connectivity index (χ1v) is 5.95. The van der Waals surface area contributed by atoms with Gasteiger partial charge in [-0.3, -0.25) is 4.98 Å². The van der Waals surface area contributed by atoms with Crippen LogP contribution >= 0.6 is 0 Å². The molecule has 2 heteroatoms. The lowest BCUT2D eigenvalue weighted by Crippen LogP contribution is -1.91. The van der Waals surface area contributed by atoms with Crippen molar-refractivity contribution in [2.75, 3.05) is 5.73 Å². The second kappa shape index (κ2) is 4.15. The Labute approximate surface area is 106 Å². The topological polar surface area (TPSA) is 38.9 Å². The van der Waals surface area contributed by atoms with Crippen LogP contribution in [0, 0.1) is 6.92 Å². The van der Waals surface area contributed by atoms with Gasteiger partial charge >= 0.3 is 0 Å². The molecule has 3 rings (SSSR count). The summed E-state index contributed by atoms with van der Waals surface area (Å²) in [5.41, 5.74) is 10.3. The Hall–Kier alpha value is -2.35. The van der Waals surface area contributed by atoms with Gasteiger partial charge in [0.25, 0.3) is 0 Å². The summed E-state index contributed by atoms with van der Waals surface area (Å²) in [6.07, 6.45) is 3.71. The minimum absolute atomic E-state index is 0.803. The molecule has 0 saturated carbocycles. The van der Waals surface area contributed by atoms with Gasteiger partial charge < -0.3 is 5.73 Å². The predicted octanol–water partition coefficient (Wildman–Crippen LogP) is 3.79. The van der Waals surface area contributed by atoms with Crippen molar-refractivity contribution in [2.24, 2.45) is 0 Å². The maximum atomic E-state index is 6.09. The zero-order chi connectivity index (χ0) is 12.5. The number of aromatic nitrogens is 1. The smallest absolute Gasteiger partial charge is 0.0394 e. The van der Waals surface area contributed by atoms with Gasteiger partial charge in [-0.05, 0) is 36.1 Å². The molecule has 1 heterocycles. The molecule has 2 nitrogen and oxygen atoms in total. The van der Waals surface area contributed by atoms with E-state index in [4.69, 9.17) is 5.73 Å². The molecule has 2 N–H and O–H groups in total. The average Bonchev–Trinajstić information content (AvgIpc) is 2.41.